The van der Waals surface area contributed by atoms with Crippen LogP contribution in [0.4, 0.5) is 5.82 Å². The average Bonchev–Trinajstić information content (AvgIpc) is 3.50. The van der Waals surface area contributed by atoms with Crippen LogP contribution in [0.5, 0.6) is 5.75 Å². The van der Waals surface area contributed by atoms with Crippen molar-refractivity contribution in [1.82, 2.24) is 19.8 Å². The third-order valence-corrected chi connectivity index (χ3v) is 8.53. The van der Waals surface area contributed by atoms with Crippen molar-refractivity contribution in [2.45, 2.75) is 26.0 Å². The first-order valence-corrected chi connectivity index (χ1v) is 14.6. The number of nitrogens with zero attached hydrogens (tertiary/aromatic N) is 4. The second-order valence-corrected chi connectivity index (χ2v) is 12.0. The summed E-state index contributed by atoms with van der Waals surface area (Å²) in [6.07, 6.45) is -0.611. The number of thiazole rings is 2. The highest BCUT2D eigenvalue weighted by Crippen LogP contribution is 2.27. The Labute approximate surface area is 234 Å². The predicted molar refractivity (Wildman–Crippen MR) is 155 cm³/mol. The van der Waals surface area contributed by atoms with E-state index in [-0.39, 0.29) is 18.6 Å². The van der Waals surface area contributed by atoms with Gasteiger partial charge in [-0.25, -0.2) is 9.97 Å². The zero-order valence-corrected chi connectivity index (χ0v) is 23.7. The zero-order valence-electron chi connectivity index (χ0n) is 21.3. The van der Waals surface area contributed by atoms with Crippen molar-refractivity contribution in [3.63, 3.8) is 0 Å². The van der Waals surface area contributed by atoms with Gasteiger partial charge in [0.25, 0.3) is 0 Å². The van der Waals surface area contributed by atoms with Gasteiger partial charge < -0.3 is 15.2 Å². The van der Waals surface area contributed by atoms with Gasteiger partial charge in [-0.1, -0.05) is 23.7 Å². The Bertz CT molecular complexity index is 1390. The molecule has 1 amide bonds. The van der Waals surface area contributed by atoms with Crippen LogP contribution in [-0.2, 0) is 4.79 Å². The number of hydrogen-bond donors (Lipinski definition) is 2. The number of aliphatic hydroxyl groups excluding tert-OH is 1. The highest BCUT2D eigenvalue weighted by Gasteiger charge is 2.26. The number of aromatic nitrogens is 2. The number of amides is 1. The third-order valence-electron chi connectivity index (χ3n) is 6.43. The number of benzene rings is 2. The number of hydrogen-bond acceptors (Lipinski definition) is 9. The molecular formula is C27H30ClN5O3S2. The van der Waals surface area contributed by atoms with Gasteiger partial charge in [0.15, 0.2) is 0 Å². The second-order valence-electron chi connectivity index (χ2n) is 9.50. The van der Waals surface area contributed by atoms with E-state index in [2.05, 4.69) is 32.0 Å². The molecule has 0 saturated carbocycles. The zero-order chi connectivity index (χ0) is 26.6. The van der Waals surface area contributed by atoms with E-state index < -0.39 is 6.10 Å². The highest BCUT2D eigenvalue weighted by molar-refractivity contribution is 7.18. The van der Waals surface area contributed by atoms with E-state index in [4.69, 9.17) is 16.3 Å². The van der Waals surface area contributed by atoms with Crippen LogP contribution in [-0.4, -0.2) is 82.3 Å². The molecule has 0 unspecified atom stereocenters. The first kappa shape index (κ1) is 27.0. The van der Waals surface area contributed by atoms with Crippen LogP contribution < -0.4 is 10.1 Å². The molecule has 5 rings (SSSR count). The van der Waals surface area contributed by atoms with Gasteiger partial charge in [-0.3, -0.25) is 14.6 Å². The highest BCUT2D eigenvalue weighted by atomic mass is 35.5. The molecule has 1 aliphatic heterocycles. The normalized spacial score (nSPS) is 17.5. The van der Waals surface area contributed by atoms with Gasteiger partial charge in [0, 0.05) is 54.3 Å². The van der Waals surface area contributed by atoms with Crippen molar-refractivity contribution in [3.05, 3.63) is 57.9 Å². The molecular weight excluding hydrogens is 542 g/mol. The molecule has 0 spiro atoms. The summed E-state index contributed by atoms with van der Waals surface area (Å²) in [5.74, 6) is 1.19. The van der Waals surface area contributed by atoms with Crippen LogP contribution in [0.3, 0.4) is 0 Å². The van der Waals surface area contributed by atoms with Gasteiger partial charge in [0.2, 0.25) is 5.91 Å². The quantitative estimate of drug-likeness (QED) is 0.299. The Kier molecular flexibility index (Phi) is 8.57. The second kappa shape index (κ2) is 12.1. The van der Waals surface area contributed by atoms with E-state index in [1.54, 1.807) is 11.3 Å². The summed E-state index contributed by atoms with van der Waals surface area (Å²) >= 11 is 9.10. The predicted octanol–water partition coefficient (Wildman–Crippen LogP) is 4.77. The molecule has 0 bridgehead atoms. The van der Waals surface area contributed by atoms with Gasteiger partial charge in [0.05, 0.1) is 21.8 Å². The summed E-state index contributed by atoms with van der Waals surface area (Å²) in [7, 11) is 0. The Morgan fingerprint density at radius 1 is 1.24 bits per heavy atom. The molecule has 2 aromatic heterocycles. The molecule has 3 heterocycles. The molecule has 38 heavy (non-hydrogen) atoms. The lowest BCUT2D eigenvalue weighted by molar-refractivity contribution is -0.118. The molecule has 1 fully saturated rings. The number of anilines is 1. The number of carbonyl (C=O) groups excluding carboxylic acids is 1. The summed E-state index contributed by atoms with van der Waals surface area (Å²) < 4.78 is 6.97. The van der Waals surface area contributed by atoms with Crippen LogP contribution in [0.15, 0.2) is 47.8 Å². The van der Waals surface area contributed by atoms with E-state index in [0.29, 0.717) is 29.7 Å². The monoisotopic (exact) mass is 571 g/mol. The summed E-state index contributed by atoms with van der Waals surface area (Å²) in [6.45, 7) is 7.41. The average molecular weight is 572 g/mol. The van der Waals surface area contributed by atoms with Crippen molar-refractivity contribution in [1.29, 1.82) is 0 Å². The summed E-state index contributed by atoms with van der Waals surface area (Å²) in [5, 5.41) is 17.9. The maximum atomic E-state index is 12.7. The number of nitrogens with one attached hydrogen (secondary N) is 1. The molecule has 8 nitrogen and oxygen atoms in total. The Hall–Kier alpha value is -2.60. The van der Waals surface area contributed by atoms with Gasteiger partial charge in [-0.2, -0.15) is 0 Å². The minimum atomic E-state index is -0.611. The fourth-order valence-corrected chi connectivity index (χ4v) is 6.25. The van der Waals surface area contributed by atoms with E-state index in [1.165, 1.54) is 11.3 Å². The standard InChI is InChI=1S/C27H30ClN5O3S2/c1-17-12-32(14-26(35)30-25-16-37-27(31-25)19-3-5-20(28)6-4-19)9-10-33(17)13-21(34)15-36-22-7-8-24-23(11-22)29-18(2)38-24/h3-8,11,16-17,21,34H,9-10,12-15H2,1-2H3,(H,30,35)/t17-,21+/m0/s1. The van der Waals surface area contributed by atoms with Crippen molar-refractivity contribution < 1.29 is 14.6 Å². The van der Waals surface area contributed by atoms with E-state index >= 15 is 0 Å². The molecule has 4 aromatic rings. The summed E-state index contributed by atoms with van der Waals surface area (Å²) in [5.41, 5.74) is 1.89. The minimum Gasteiger partial charge on any atom is -0.491 e. The van der Waals surface area contributed by atoms with Crippen LogP contribution in [0.1, 0.15) is 11.9 Å². The lowest BCUT2D eigenvalue weighted by atomic mass is 10.1. The molecule has 1 aliphatic rings. The van der Waals surface area contributed by atoms with Crippen LogP contribution in [0.2, 0.25) is 5.02 Å². The molecule has 2 atom stereocenters. The number of ether oxygens (including phenoxy) is 1. The number of fused-ring (bicyclic) bond motifs is 1. The van der Waals surface area contributed by atoms with Gasteiger partial charge >= 0.3 is 0 Å². The van der Waals surface area contributed by atoms with E-state index in [9.17, 15) is 9.90 Å². The molecule has 2 aromatic carbocycles. The maximum Gasteiger partial charge on any atom is 0.239 e. The van der Waals surface area contributed by atoms with Crippen molar-refractivity contribution >= 4 is 56.2 Å². The number of aryl methyl sites for hydroxylation is 1. The van der Waals surface area contributed by atoms with Gasteiger partial charge in [-0.05, 0) is 38.1 Å². The van der Waals surface area contributed by atoms with Crippen molar-refractivity contribution in [3.8, 4) is 16.3 Å². The minimum absolute atomic E-state index is 0.0840. The van der Waals surface area contributed by atoms with Gasteiger partial charge in [-0.15, -0.1) is 22.7 Å². The SMILES string of the molecule is Cc1nc2cc(OC[C@H](O)CN3CCN(CC(=O)Nc4csc(-c5ccc(Cl)cc5)n4)C[C@@H]3C)ccc2s1. The molecule has 0 aliphatic carbocycles. The Morgan fingerprint density at radius 2 is 2.05 bits per heavy atom. The maximum absolute atomic E-state index is 12.7. The fraction of sp³-hybridized carbons (Fsp3) is 0.370. The lowest BCUT2D eigenvalue weighted by Gasteiger charge is -2.40. The number of carbonyl (C=O) groups is 1. The number of β-amino-alcohol motifs (C(OH)–C–C–N with tert-alkyl or cyclic N) is 1. The van der Waals surface area contributed by atoms with E-state index in [1.807, 2.05) is 54.8 Å². The van der Waals surface area contributed by atoms with Gasteiger partial charge in [0.1, 0.15) is 29.3 Å². The lowest BCUT2D eigenvalue weighted by Crippen LogP contribution is -2.55. The number of rotatable bonds is 9. The summed E-state index contributed by atoms with van der Waals surface area (Å²) in [6, 6.07) is 13.5. The smallest absolute Gasteiger partial charge is 0.239 e. The van der Waals surface area contributed by atoms with Crippen LogP contribution in [0, 0.1) is 6.92 Å². The first-order chi connectivity index (χ1) is 18.3. The molecule has 1 saturated heterocycles. The van der Waals surface area contributed by atoms with Crippen LogP contribution in [0.25, 0.3) is 20.8 Å². The largest absolute Gasteiger partial charge is 0.491 e. The van der Waals surface area contributed by atoms with Crippen LogP contribution >= 0.6 is 34.3 Å². The number of halogens is 1. The Balaban J connectivity index is 1.05. The molecule has 200 valence electrons. The fourth-order valence-electron chi connectivity index (χ4n) is 4.56. The molecule has 11 heteroatoms. The topological polar surface area (TPSA) is 90.8 Å². The molecule has 0 radical (unpaired) electrons. The number of piperazine rings is 1. The first-order valence-electron chi connectivity index (χ1n) is 12.5. The van der Waals surface area contributed by atoms with Crippen molar-refractivity contribution in [2.75, 3.05) is 44.6 Å². The summed E-state index contributed by atoms with van der Waals surface area (Å²) in [4.78, 5) is 26.1. The number of aliphatic hydroxyl groups is 1. The Morgan fingerprint density at radius 3 is 2.84 bits per heavy atom. The van der Waals surface area contributed by atoms with Crippen molar-refractivity contribution in [2.24, 2.45) is 0 Å². The molecule has 2 N–H and O–H groups in total. The van der Waals surface area contributed by atoms with E-state index in [0.717, 1.165) is 45.4 Å². The third kappa shape index (κ3) is 6.88.